The fraction of sp³-hybridized carbons (Fsp3) is 0.143. The zero-order valence-electron chi connectivity index (χ0n) is 13.5. The van der Waals surface area contributed by atoms with Gasteiger partial charge >= 0.3 is 5.97 Å². The number of carbonyl (C=O) groups is 2. The van der Waals surface area contributed by atoms with Crippen LogP contribution in [0.15, 0.2) is 66.7 Å². The zero-order valence-corrected chi connectivity index (χ0v) is 13.5. The Hall–Kier alpha value is -3.14. The van der Waals surface area contributed by atoms with E-state index < -0.39 is 23.9 Å². The first-order chi connectivity index (χ1) is 12.1. The Morgan fingerprint density at radius 1 is 0.920 bits per heavy atom. The predicted molar refractivity (Wildman–Crippen MR) is 95.2 cm³/mol. The van der Waals surface area contributed by atoms with Crippen molar-refractivity contribution in [1.82, 2.24) is 0 Å². The summed E-state index contributed by atoms with van der Waals surface area (Å²) in [6.07, 6.45) is -0.0582. The standard InChI is InChI=1S/C21H17NO3/c22-20(23)19-17-8-4-3-7-15(17)12-18(19)25-21(24)16-10-9-13-5-1-2-6-14(13)11-16/h1-11,18-19H,12H2,(H2,22,23). The fourth-order valence-corrected chi connectivity index (χ4v) is 3.53. The topological polar surface area (TPSA) is 69.4 Å². The molecule has 0 spiro atoms. The fourth-order valence-electron chi connectivity index (χ4n) is 3.53. The van der Waals surface area contributed by atoms with Crippen LogP contribution in [0.5, 0.6) is 0 Å². The van der Waals surface area contributed by atoms with Crippen LogP contribution in [-0.2, 0) is 16.0 Å². The van der Waals surface area contributed by atoms with E-state index in [2.05, 4.69) is 0 Å². The lowest BCUT2D eigenvalue weighted by atomic mass is 9.99. The maximum Gasteiger partial charge on any atom is 0.338 e. The van der Waals surface area contributed by atoms with Gasteiger partial charge in [0.25, 0.3) is 0 Å². The van der Waals surface area contributed by atoms with Crippen molar-refractivity contribution in [3.05, 3.63) is 83.4 Å². The van der Waals surface area contributed by atoms with E-state index in [0.29, 0.717) is 12.0 Å². The lowest BCUT2D eigenvalue weighted by molar-refractivity contribution is -0.121. The van der Waals surface area contributed by atoms with Crippen LogP contribution in [0.3, 0.4) is 0 Å². The molecule has 2 N–H and O–H groups in total. The van der Waals surface area contributed by atoms with Crippen molar-refractivity contribution in [3.63, 3.8) is 0 Å². The first-order valence-corrected chi connectivity index (χ1v) is 8.20. The average Bonchev–Trinajstić information content (AvgIpc) is 2.99. The third-order valence-corrected chi connectivity index (χ3v) is 4.73. The van der Waals surface area contributed by atoms with Crippen LogP contribution in [0.1, 0.15) is 27.4 Å². The largest absolute Gasteiger partial charge is 0.457 e. The van der Waals surface area contributed by atoms with Crippen molar-refractivity contribution in [2.24, 2.45) is 5.73 Å². The van der Waals surface area contributed by atoms with Gasteiger partial charge in [0.15, 0.2) is 0 Å². The van der Waals surface area contributed by atoms with Gasteiger partial charge in [0.05, 0.1) is 5.56 Å². The van der Waals surface area contributed by atoms with Crippen LogP contribution in [0.4, 0.5) is 0 Å². The van der Waals surface area contributed by atoms with Crippen LogP contribution in [0.2, 0.25) is 0 Å². The Kier molecular flexibility index (Phi) is 3.73. The van der Waals surface area contributed by atoms with Crippen LogP contribution < -0.4 is 5.73 Å². The van der Waals surface area contributed by atoms with E-state index >= 15 is 0 Å². The zero-order chi connectivity index (χ0) is 17.4. The number of nitrogens with two attached hydrogens (primary N) is 1. The molecule has 0 fully saturated rings. The number of benzene rings is 3. The summed E-state index contributed by atoms with van der Waals surface area (Å²) in [5, 5.41) is 2.03. The van der Waals surface area contributed by atoms with Gasteiger partial charge in [-0.05, 0) is 34.0 Å². The molecule has 1 amide bonds. The number of hydrogen-bond donors (Lipinski definition) is 1. The van der Waals surface area contributed by atoms with Crippen molar-refractivity contribution in [2.75, 3.05) is 0 Å². The van der Waals surface area contributed by atoms with E-state index in [1.165, 1.54) is 0 Å². The quantitative estimate of drug-likeness (QED) is 0.749. The second-order valence-electron chi connectivity index (χ2n) is 6.29. The first-order valence-electron chi connectivity index (χ1n) is 8.20. The number of carbonyl (C=O) groups excluding carboxylic acids is 2. The number of primary amides is 1. The van der Waals surface area contributed by atoms with Crippen molar-refractivity contribution in [1.29, 1.82) is 0 Å². The smallest absolute Gasteiger partial charge is 0.338 e. The summed E-state index contributed by atoms with van der Waals surface area (Å²) in [4.78, 5) is 24.5. The highest BCUT2D eigenvalue weighted by molar-refractivity contribution is 5.96. The molecule has 3 aromatic carbocycles. The van der Waals surface area contributed by atoms with Crippen LogP contribution >= 0.6 is 0 Å². The summed E-state index contributed by atoms with van der Waals surface area (Å²) in [6, 6.07) is 20.8. The number of esters is 1. The van der Waals surface area contributed by atoms with Crippen LogP contribution in [0, 0.1) is 0 Å². The first kappa shape index (κ1) is 15.4. The molecule has 4 heteroatoms. The van der Waals surface area contributed by atoms with Crippen LogP contribution in [0.25, 0.3) is 10.8 Å². The normalized spacial score (nSPS) is 18.7. The van der Waals surface area contributed by atoms with E-state index in [1.807, 2.05) is 54.6 Å². The molecule has 0 aliphatic heterocycles. The highest BCUT2D eigenvalue weighted by Gasteiger charge is 2.38. The molecule has 0 aromatic heterocycles. The number of ether oxygens (including phenoxy) is 1. The maximum atomic E-state index is 12.6. The third kappa shape index (κ3) is 2.76. The highest BCUT2D eigenvalue weighted by Crippen LogP contribution is 2.35. The molecular weight excluding hydrogens is 314 g/mol. The monoisotopic (exact) mass is 331 g/mol. The summed E-state index contributed by atoms with van der Waals surface area (Å²) >= 11 is 0. The highest BCUT2D eigenvalue weighted by atomic mass is 16.5. The molecule has 2 atom stereocenters. The molecule has 3 aromatic rings. The van der Waals surface area contributed by atoms with Gasteiger partial charge in [0.1, 0.15) is 12.0 Å². The summed E-state index contributed by atoms with van der Waals surface area (Å²) in [5.74, 6) is -1.50. The van der Waals surface area contributed by atoms with Gasteiger partial charge < -0.3 is 10.5 Å². The average molecular weight is 331 g/mol. The molecular formula is C21H17NO3. The van der Waals surface area contributed by atoms with Gasteiger partial charge in [0, 0.05) is 6.42 Å². The van der Waals surface area contributed by atoms with E-state index in [-0.39, 0.29) is 0 Å². The van der Waals surface area contributed by atoms with E-state index in [0.717, 1.165) is 21.9 Å². The summed E-state index contributed by atoms with van der Waals surface area (Å²) in [5.41, 5.74) is 7.89. The SMILES string of the molecule is NC(=O)C1c2ccccc2CC1OC(=O)c1ccc2ccccc2c1. The number of hydrogen-bond acceptors (Lipinski definition) is 3. The van der Waals surface area contributed by atoms with Gasteiger partial charge in [0.2, 0.25) is 5.91 Å². The van der Waals surface area contributed by atoms with E-state index in [4.69, 9.17) is 10.5 Å². The Balaban J connectivity index is 1.60. The minimum atomic E-state index is -0.597. The summed E-state index contributed by atoms with van der Waals surface area (Å²) < 4.78 is 5.66. The lowest BCUT2D eigenvalue weighted by Gasteiger charge is -2.18. The van der Waals surface area contributed by atoms with Crippen molar-refractivity contribution >= 4 is 22.6 Å². The predicted octanol–water partition coefficient (Wildman–Crippen LogP) is 3.19. The number of rotatable bonds is 3. The molecule has 0 bridgehead atoms. The molecule has 0 saturated heterocycles. The molecule has 4 rings (SSSR count). The maximum absolute atomic E-state index is 12.6. The van der Waals surface area contributed by atoms with Crippen molar-refractivity contribution in [2.45, 2.75) is 18.4 Å². The molecule has 1 aliphatic rings. The molecule has 2 unspecified atom stereocenters. The summed E-state index contributed by atoms with van der Waals surface area (Å²) in [7, 11) is 0. The van der Waals surface area contributed by atoms with Crippen LogP contribution in [-0.4, -0.2) is 18.0 Å². The van der Waals surface area contributed by atoms with Gasteiger partial charge in [-0.2, -0.15) is 0 Å². The van der Waals surface area contributed by atoms with Gasteiger partial charge in [-0.25, -0.2) is 4.79 Å². The Labute approximate surface area is 145 Å². The molecule has 0 saturated carbocycles. The molecule has 1 aliphatic carbocycles. The minimum Gasteiger partial charge on any atom is -0.457 e. The Bertz CT molecular complexity index is 980. The van der Waals surface area contributed by atoms with E-state index in [9.17, 15) is 9.59 Å². The number of fused-ring (bicyclic) bond motifs is 2. The van der Waals surface area contributed by atoms with E-state index in [1.54, 1.807) is 12.1 Å². The lowest BCUT2D eigenvalue weighted by Crippen LogP contribution is -2.32. The molecule has 25 heavy (non-hydrogen) atoms. The second kappa shape index (κ2) is 6.06. The van der Waals surface area contributed by atoms with Gasteiger partial charge in [-0.1, -0.05) is 54.6 Å². The molecule has 4 nitrogen and oxygen atoms in total. The third-order valence-electron chi connectivity index (χ3n) is 4.73. The molecule has 0 radical (unpaired) electrons. The van der Waals surface area contributed by atoms with Crippen molar-refractivity contribution < 1.29 is 14.3 Å². The number of amides is 1. The minimum absolute atomic E-state index is 0.435. The van der Waals surface area contributed by atoms with Gasteiger partial charge in [-0.15, -0.1) is 0 Å². The Morgan fingerprint density at radius 3 is 2.44 bits per heavy atom. The molecule has 0 heterocycles. The second-order valence-corrected chi connectivity index (χ2v) is 6.29. The Morgan fingerprint density at radius 2 is 1.64 bits per heavy atom. The van der Waals surface area contributed by atoms with Crippen molar-refractivity contribution in [3.8, 4) is 0 Å². The van der Waals surface area contributed by atoms with Gasteiger partial charge in [-0.3, -0.25) is 4.79 Å². The molecule has 124 valence electrons. The summed E-state index contributed by atoms with van der Waals surface area (Å²) in [6.45, 7) is 0.